The van der Waals surface area contributed by atoms with Gasteiger partial charge in [-0.05, 0) is 26.2 Å². The SMILES string of the molecule is CCCc1nc(NCC)c(C)c(NCC(C)COC)n1. The van der Waals surface area contributed by atoms with Crippen molar-refractivity contribution in [2.75, 3.05) is 37.4 Å². The van der Waals surface area contributed by atoms with Crippen molar-refractivity contribution in [3.8, 4) is 0 Å². The molecule has 20 heavy (non-hydrogen) atoms. The molecule has 0 radical (unpaired) electrons. The number of ether oxygens (including phenoxy) is 1. The summed E-state index contributed by atoms with van der Waals surface area (Å²) < 4.78 is 5.16. The van der Waals surface area contributed by atoms with Crippen LogP contribution in [-0.4, -0.2) is 36.8 Å². The lowest BCUT2D eigenvalue weighted by Crippen LogP contribution is -2.18. The van der Waals surface area contributed by atoms with Gasteiger partial charge < -0.3 is 15.4 Å². The summed E-state index contributed by atoms with van der Waals surface area (Å²) in [4.78, 5) is 9.22. The fraction of sp³-hybridized carbons (Fsp3) is 0.733. The molecule has 0 saturated carbocycles. The van der Waals surface area contributed by atoms with Gasteiger partial charge in [0.15, 0.2) is 0 Å². The summed E-state index contributed by atoms with van der Waals surface area (Å²) in [5.74, 6) is 3.22. The van der Waals surface area contributed by atoms with E-state index in [1.807, 2.05) is 0 Å². The second kappa shape index (κ2) is 8.74. The molecule has 0 aliphatic rings. The molecule has 0 fully saturated rings. The number of aromatic nitrogens is 2. The summed E-state index contributed by atoms with van der Waals surface area (Å²) in [6.07, 6.45) is 1.95. The Labute approximate surface area is 122 Å². The molecular weight excluding hydrogens is 252 g/mol. The lowest BCUT2D eigenvalue weighted by molar-refractivity contribution is 0.164. The normalized spacial score (nSPS) is 12.2. The Hall–Kier alpha value is -1.36. The predicted octanol–water partition coefficient (Wildman–Crippen LogP) is 2.86. The molecule has 0 bridgehead atoms. The third-order valence-corrected chi connectivity index (χ3v) is 3.08. The molecule has 1 unspecified atom stereocenters. The second-order valence-electron chi connectivity index (χ2n) is 5.18. The van der Waals surface area contributed by atoms with Crippen molar-refractivity contribution in [1.29, 1.82) is 0 Å². The first-order valence-corrected chi connectivity index (χ1v) is 7.46. The van der Waals surface area contributed by atoms with Crippen LogP contribution in [0.5, 0.6) is 0 Å². The second-order valence-corrected chi connectivity index (χ2v) is 5.18. The molecule has 114 valence electrons. The minimum Gasteiger partial charge on any atom is -0.384 e. The minimum absolute atomic E-state index is 0.451. The van der Waals surface area contributed by atoms with Gasteiger partial charge in [0.2, 0.25) is 0 Å². The number of aryl methyl sites for hydroxylation is 1. The molecule has 1 heterocycles. The van der Waals surface area contributed by atoms with Crippen LogP contribution in [0.3, 0.4) is 0 Å². The summed E-state index contributed by atoms with van der Waals surface area (Å²) in [7, 11) is 1.73. The first-order valence-electron chi connectivity index (χ1n) is 7.46. The highest BCUT2D eigenvalue weighted by Gasteiger charge is 2.11. The molecule has 0 aliphatic heterocycles. The summed E-state index contributed by atoms with van der Waals surface area (Å²) in [6, 6.07) is 0. The average Bonchev–Trinajstić information content (AvgIpc) is 2.41. The maximum atomic E-state index is 5.16. The van der Waals surface area contributed by atoms with Gasteiger partial charge in [0, 0.05) is 32.2 Å². The molecule has 0 aromatic carbocycles. The van der Waals surface area contributed by atoms with E-state index in [0.717, 1.165) is 55.6 Å². The predicted molar refractivity (Wildman–Crippen MR) is 84.5 cm³/mol. The van der Waals surface area contributed by atoms with Gasteiger partial charge in [0.1, 0.15) is 17.5 Å². The third-order valence-electron chi connectivity index (χ3n) is 3.08. The van der Waals surface area contributed by atoms with Crippen LogP contribution in [-0.2, 0) is 11.2 Å². The summed E-state index contributed by atoms with van der Waals surface area (Å²) in [5, 5.41) is 6.74. The molecular formula is C15H28N4O. The van der Waals surface area contributed by atoms with Crippen molar-refractivity contribution in [3.63, 3.8) is 0 Å². The largest absolute Gasteiger partial charge is 0.384 e. The van der Waals surface area contributed by atoms with Crippen LogP contribution in [0.2, 0.25) is 0 Å². The van der Waals surface area contributed by atoms with E-state index in [1.165, 1.54) is 0 Å². The first-order chi connectivity index (χ1) is 9.62. The van der Waals surface area contributed by atoms with Crippen molar-refractivity contribution in [2.24, 2.45) is 5.92 Å². The van der Waals surface area contributed by atoms with Crippen molar-refractivity contribution in [1.82, 2.24) is 9.97 Å². The number of methoxy groups -OCH3 is 1. The summed E-state index contributed by atoms with van der Waals surface area (Å²) in [6.45, 7) is 10.9. The van der Waals surface area contributed by atoms with Crippen LogP contribution in [0, 0.1) is 12.8 Å². The lowest BCUT2D eigenvalue weighted by atomic mass is 10.2. The Bertz CT molecular complexity index is 409. The maximum Gasteiger partial charge on any atom is 0.134 e. The summed E-state index contributed by atoms with van der Waals surface area (Å²) >= 11 is 0. The Morgan fingerprint density at radius 2 is 1.80 bits per heavy atom. The van der Waals surface area contributed by atoms with Crippen LogP contribution in [0.15, 0.2) is 0 Å². The lowest BCUT2D eigenvalue weighted by Gasteiger charge is -2.16. The Balaban J connectivity index is 2.86. The van der Waals surface area contributed by atoms with Gasteiger partial charge in [-0.15, -0.1) is 0 Å². The fourth-order valence-electron chi connectivity index (χ4n) is 2.02. The van der Waals surface area contributed by atoms with Gasteiger partial charge >= 0.3 is 0 Å². The van der Waals surface area contributed by atoms with Crippen LogP contribution in [0.25, 0.3) is 0 Å². The Kier molecular flexibility index (Phi) is 7.30. The zero-order valence-corrected chi connectivity index (χ0v) is 13.4. The minimum atomic E-state index is 0.451. The number of rotatable bonds is 9. The summed E-state index contributed by atoms with van der Waals surface area (Å²) in [5.41, 5.74) is 1.08. The molecule has 0 saturated heterocycles. The van der Waals surface area contributed by atoms with E-state index in [4.69, 9.17) is 4.74 Å². The molecule has 5 heteroatoms. The third kappa shape index (κ3) is 4.96. The van der Waals surface area contributed by atoms with Gasteiger partial charge in [-0.2, -0.15) is 0 Å². The maximum absolute atomic E-state index is 5.16. The van der Waals surface area contributed by atoms with Crippen LogP contribution >= 0.6 is 0 Å². The van der Waals surface area contributed by atoms with Crippen LogP contribution in [0.1, 0.15) is 38.6 Å². The topological polar surface area (TPSA) is 59.1 Å². The van der Waals surface area contributed by atoms with Crippen LogP contribution in [0.4, 0.5) is 11.6 Å². The van der Waals surface area contributed by atoms with Crippen molar-refractivity contribution >= 4 is 11.6 Å². The molecule has 1 aromatic heterocycles. The highest BCUT2D eigenvalue weighted by atomic mass is 16.5. The van der Waals surface area contributed by atoms with Crippen LogP contribution < -0.4 is 10.6 Å². The zero-order chi connectivity index (χ0) is 15.0. The Morgan fingerprint density at radius 1 is 1.15 bits per heavy atom. The van der Waals surface area contributed by atoms with E-state index < -0.39 is 0 Å². The molecule has 1 rings (SSSR count). The van der Waals surface area contributed by atoms with E-state index in [1.54, 1.807) is 7.11 Å². The molecule has 2 N–H and O–H groups in total. The number of hydrogen-bond donors (Lipinski definition) is 2. The molecule has 0 aliphatic carbocycles. The van der Waals surface area contributed by atoms with E-state index in [2.05, 4.69) is 48.3 Å². The van der Waals surface area contributed by atoms with Gasteiger partial charge in [-0.25, -0.2) is 9.97 Å². The van der Waals surface area contributed by atoms with Crippen molar-refractivity contribution < 1.29 is 4.74 Å². The van der Waals surface area contributed by atoms with Gasteiger partial charge in [-0.1, -0.05) is 13.8 Å². The number of nitrogens with zero attached hydrogens (tertiary/aromatic N) is 2. The highest BCUT2D eigenvalue weighted by Crippen LogP contribution is 2.20. The first kappa shape index (κ1) is 16.7. The Morgan fingerprint density at radius 3 is 2.35 bits per heavy atom. The molecule has 0 amide bonds. The molecule has 1 atom stereocenters. The monoisotopic (exact) mass is 280 g/mol. The number of anilines is 2. The van der Waals surface area contributed by atoms with E-state index in [0.29, 0.717) is 5.92 Å². The molecule has 0 spiro atoms. The smallest absolute Gasteiger partial charge is 0.134 e. The number of nitrogens with one attached hydrogen (secondary N) is 2. The average molecular weight is 280 g/mol. The van der Waals surface area contributed by atoms with E-state index in [-0.39, 0.29) is 0 Å². The standard InChI is InChI=1S/C15H28N4O/c1-6-8-13-18-14(16-7-2)12(4)15(19-13)17-9-11(3)10-20-5/h11H,6-10H2,1-5H3,(H2,16,17,18,19). The van der Waals surface area contributed by atoms with Crippen molar-refractivity contribution in [3.05, 3.63) is 11.4 Å². The van der Waals surface area contributed by atoms with Crippen molar-refractivity contribution in [2.45, 2.75) is 40.5 Å². The number of hydrogen-bond acceptors (Lipinski definition) is 5. The fourth-order valence-corrected chi connectivity index (χ4v) is 2.02. The highest BCUT2D eigenvalue weighted by molar-refractivity contribution is 5.57. The quantitative estimate of drug-likeness (QED) is 0.728. The van der Waals surface area contributed by atoms with E-state index >= 15 is 0 Å². The van der Waals surface area contributed by atoms with Gasteiger partial charge in [-0.3, -0.25) is 0 Å². The van der Waals surface area contributed by atoms with E-state index in [9.17, 15) is 0 Å². The zero-order valence-electron chi connectivity index (χ0n) is 13.4. The van der Waals surface area contributed by atoms with Gasteiger partial charge in [0.05, 0.1) is 6.61 Å². The molecule has 1 aromatic rings. The molecule has 5 nitrogen and oxygen atoms in total. The van der Waals surface area contributed by atoms with Gasteiger partial charge in [0.25, 0.3) is 0 Å².